The summed E-state index contributed by atoms with van der Waals surface area (Å²) in [7, 11) is -3.17. The van der Waals surface area contributed by atoms with E-state index in [0.29, 0.717) is 12.5 Å². The molecule has 0 spiro atoms. The van der Waals surface area contributed by atoms with Gasteiger partial charge in [-0.3, -0.25) is 4.99 Å². The van der Waals surface area contributed by atoms with E-state index in [1.165, 1.54) is 10.9 Å². The van der Waals surface area contributed by atoms with Crippen LogP contribution >= 0.6 is 0 Å². The fourth-order valence-corrected chi connectivity index (χ4v) is 2.86. The molecular weight excluding hydrogens is 326 g/mol. The Morgan fingerprint density at radius 3 is 2.75 bits per heavy atom. The number of sulfonamides is 1. The number of guanidine groups is 1. The minimum absolute atomic E-state index is 0.290. The molecule has 1 aromatic heterocycles. The third kappa shape index (κ3) is 5.86. The molecule has 0 atom stereocenters. The molecule has 0 saturated heterocycles. The molecule has 2 aromatic rings. The van der Waals surface area contributed by atoms with Crippen LogP contribution in [0, 0.1) is 0 Å². The first-order chi connectivity index (χ1) is 11.5. The third-order valence-corrected chi connectivity index (χ3v) is 4.18. The average Bonchev–Trinajstić information content (AvgIpc) is 2.94. The first-order valence-electron chi connectivity index (χ1n) is 8.01. The van der Waals surface area contributed by atoms with Crippen LogP contribution in [-0.2, 0) is 16.4 Å². The lowest BCUT2D eigenvalue weighted by Gasteiger charge is -2.11. The van der Waals surface area contributed by atoms with Crippen molar-refractivity contribution in [1.29, 1.82) is 0 Å². The summed E-state index contributed by atoms with van der Waals surface area (Å²) in [6.45, 7) is 4.16. The summed E-state index contributed by atoms with van der Waals surface area (Å²) in [6.07, 6.45) is 4.05. The number of nitrogens with one attached hydrogen (secondary N) is 4. The number of fused-ring (bicyclic) bond motifs is 1. The number of para-hydroxylation sites is 1. The van der Waals surface area contributed by atoms with Crippen molar-refractivity contribution in [3.8, 4) is 0 Å². The molecule has 0 aliphatic heterocycles. The summed E-state index contributed by atoms with van der Waals surface area (Å²) in [5, 5.41) is 7.66. The quantitative estimate of drug-likeness (QED) is 0.321. The minimum atomic E-state index is -3.17. The molecule has 132 valence electrons. The molecule has 0 amide bonds. The minimum Gasteiger partial charge on any atom is -0.361 e. The molecule has 0 fully saturated rings. The second-order valence-corrected chi connectivity index (χ2v) is 7.30. The molecule has 0 unspecified atom stereocenters. The van der Waals surface area contributed by atoms with Crippen LogP contribution in [0.1, 0.15) is 12.5 Å². The average molecular weight is 351 g/mol. The third-order valence-electron chi connectivity index (χ3n) is 3.45. The van der Waals surface area contributed by atoms with E-state index in [9.17, 15) is 8.42 Å². The van der Waals surface area contributed by atoms with Gasteiger partial charge in [0.1, 0.15) is 0 Å². The molecule has 8 heteroatoms. The number of aromatic nitrogens is 1. The highest BCUT2D eigenvalue weighted by Crippen LogP contribution is 2.17. The molecule has 0 radical (unpaired) electrons. The van der Waals surface area contributed by atoms with E-state index in [4.69, 9.17) is 0 Å². The zero-order valence-electron chi connectivity index (χ0n) is 14.1. The van der Waals surface area contributed by atoms with Crippen LogP contribution in [0.2, 0.25) is 0 Å². The van der Waals surface area contributed by atoms with Crippen LogP contribution in [-0.4, -0.2) is 51.8 Å². The Morgan fingerprint density at radius 2 is 2.00 bits per heavy atom. The van der Waals surface area contributed by atoms with E-state index in [1.54, 1.807) is 0 Å². The maximum atomic E-state index is 11.0. The van der Waals surface area contributed by atoms with Gasteiger partial charge < -0.3 is 15.6 Å². The topological polar surface area (TPSA) is 98.4 Å². The van der Waals surface area contributed by atoms with E-state index in [2.05, 4.69) is 37.5 Å². The number of hydrogen-bond acceptors (Lipinski definition) is 3. The standard InChI is InChI=1S/C16H25N5O2S/c1-3-17-16(19-10-11-21-24(2,22)23)18-9-8-13-12-20-15-7-5-4-6-14(13)15/h4-7,12,20-21H,3,8-11H2,1-2H3,(H2,17,18,19). The van der Waals surface area contributed by atoms with Crippen molar-refractivity contribution >= 4 is 26.9 Å². The van der Waals surface area contributed by atoms with Crippen LogP contribution in [0.4, 0.5) is 0 Å². The first-order valence-corrected chi connectivity index (χ1v) is 9.90. The number of aliphatic imine (C=N–C) groups is 1. The summed E-state index contributed by atoms with van der Waals surface area (Å²) < 4.78 is 24.5. The molecule has 0 aliphatic rings. The summed E-state index contributed by atoms with van der Waals surface area (Å²) >= 11 is 0. The van der Waals surface area contributed by atoms with Gasteiger partial charge in [-0.15, -0.1) is 0 Å². The lowest BCUT2D eigenvalue weighted by molar-refractivity contribution is 0.588. The Hall–Kier alpha value is -2.06. The van der Waals surface area contributed by atoms with Gasteiger partial charge in [0.25, 0.3) is 0 Å². The Morgan fingerprint density at radius 1 is 1.21 bits per heavy atom. The molecule has 24 heavy (non-hydrogen) atoms. The zero-order chi connectivity index (χ0) is 17.4. The van der Waals surface area contributed by atoms with Crippen molar-refractivity contribution in [3.05, 3.63) is 36.0 Å². The molecule has 4 N–H and O–H groups in total. The molecular formula is C16H25N5O2S. The number of nitrogens with zero attached hydrogens (tertiary/aromatic N) is 1. The van der Waals surface area contributed by atoms with Crippen molar-refractivity contribution < 1.29 is 8.42 Å². The van der Waals surface area contributed by atoms with Crippen molar-refractivity contribution in [1.82, 2.24) is 20.3 Å². The highest BCUT2D eigenvalue weighted by molar-refractivity contribution is 7.88. The summed E-state index contributed by atoms with van der Waals surface area (Å²) in [4.78, 5) is 7.63. The van der Waals surface area contributed by atoms with Crippen LogP contribution in [0.15, 0.2) is 35.5 Å². The molecule has 2 rings (SSSR count). The van der Waals surface area contributed by atoms with E-state index in [1.807, 2.05) is 25.3 Å². The summed E-state index contributed by atoms with van der Waals surface area (Å²) in [6, 6.07) is 8.22. The first kappa shape index (κ1) is 18.3. The normalized spacial score (nSPS) is 12.5. The van der Waals surface area contributed by atoms with Gasteiger partial charge in [-0.2, -0.15) is 0 Å². The Bertz CT molecular complexity index is 783. The van der Waals surface area contributed by atoms with Gasteiger partial charge in [-0.1, -0.05) is 18.2 Å². The number of aromatic amines is 1. The molecule has 0 saturated carbocycles. The largest absolute Gasteiger partial charge is 0.361 e. The molecule has 1 aromatic carbocycles. The maximum Gasteiger partial charge on any atom is 0.208 e. The van der Waals surface area contributed by atoms with Crippen molar-refractivity contribution in [2.75, 3.05) is 32.4 Å². The highest BCUT2D eigenvalue weighted by Gasteiger charge is 2.04. The summed E-state index contributed by atoms with van der Waals surface area (Å²) in [5.74, 6) is 0.688. The van der Waals surface area contributed by atoms with E-state index >= 15 is 0 Å². The molecule has 0 aliphatic carbocycles. The second-order valence-electron chi connectivity index (χ2n) is 5.46. The van der Waals surface area contributed by atoms with Crippen LogP contribution in [0.3, 0.4) is 0 Å². The number of H-pyrrole nitrogens is 1. The maximum absolute atomic E-state index is 11.0. The Labute approximate surface area is 143 Å². The molecule has 0 bridgehead atoms. The summed E-state index contributed by atoms with van der Waals surface area (Å²) in [5.41, 5.74) is 2.40. The van der Waals surface area contributed by atoms with Gasteiger partial charge in [0.05, 0.1) is 12.8 Å². The highest BCUT2D eigenvalue weighted by atomic mass is 32.2. The van der Waals surface area contributed by atoms with Gasteiger partial charge >= 0.3 is 0 Å². The monoisotopic (exact) mass is 351 g/mol. The number of rotatable bonds is 8. The van der Waals surface area contributed by atoms with Crippen LogP contribution in [0.5, 0.6) is 0 Å². The van der Waals surface area contributed by atoms with Gasteiger partial charge in [0.15, 0.2) is 5.96 Å². The van der Waals surface area contributed by atoms with E-state index in [0.717, 1.165) is 31.3 Å². The molecule has 7 nitrogen and oxygen atoms in total. The van der Waals surface area contributed by atoms with Crippen molar-refractivity contribution in [3.63, 3.8) is 0 Å². The van der Waals surface area contributed by atoms with Gasteiger partial charge in [0.2, 0.25) is 10.0 Å². The van der Waals surface area contributed by atoms with Crippen molar-refractivity contribution in [2.45, 2.75) is 13.3 Å². The van der Waals surface area contributed by atoms with Crippen LogP contribution < -0.4 is 15.4 Å². The van der Waals surface area contributed by atoms with Gasteiger partial charge in [0, 0.05) is 36.7 Å². The lowest BCUT2D eigenvalue weighted by atomic mass is 10.1. The van der Waals surface area contributed by atoms with E-state index < -0.39 is 10.0 Å². The predicted molar refractivity (Wildman–Crippen MR) is 98.8 cm³/mol. The Balaban J connectivity index is 1.84. The fourth-order valence-electron chi connectivity index (χ4n) is 2.39. The van der Waals surface area contributed by atoms with Gasteiger partial charge in [-0.25, -0.2) is 13.1 Å². The fraction of sp³-hybridized carbons (Fsp3) is 0.438. The lowest BCUT2D eigenvalue weighted by Crippen LogP contribution is -2.39. The Kier molecular flexibility index (Phi) is 6.62. The zero-order valence-corrected chi connectivity index (χ0v) is 14.9. The van der Waals surface area contributed by atoms with E-state index in [-0.39, 0.29) is 6.54 Å². The predicted octanol–water partition coefficient (Wildman–Crippen LogP) is 0.815. The second kappa shape index (κ2) is 8.70. The molecule has 1 heterocycles. The number of hydrogen-bond donors (Lipinski definition) is 4. The SMILES string of the molecule is CCNC(=NCCNS(C)(=O)=O)NCCc1c[nH]c2ccccc12. The van der Waals surface area contributed by atoms with Gasteiger partial charge in [-0.05, 0) is 25.0 Å². The number of benzene rings is 1. The van der Waals surface area contributed by atoms with Crippen LogP contribution in [0.25, 0.3) is 10.9 Å². The van der Waals surface area contributed by atoms with Crippen molar-refractivity contribution in [2.24, 2.45) is 4.99 Å². The smallest absolute Gasteiger partial charge is 0.208 e.